The molecule has 0 radical (unpaired) electrons. The van der Waals surface area contributed by atoms with Gasteiger partial charge in [0.2, 0.25) is 0 Å². The van der Waals surface area contributed by atoms with E-state index in [9.17, 15) is 0 Å². The number of nitrogens with one attached hydrogen (secondary N) is 1. The lowest BCUT2D eigenvalue weighted by Gasteiger charge is -2.42. The van der Waals surface area contributed by atoms with E-state index in [-0.39, 0.29) is 0 Å². The number of piperazine rings is 1. The Kier molecular flexibility index (Phi) is 6.55. The summed E-state index contributed by atoms with van der Waals surface area (Å²) >= 11 is 0. The van der Waals surface area contributed by atoms with Crippen molar-refractivity contribution in [2.24, 2.45) is 0 Å². The second-order valence-corrected chi connectivity index (χ2v) is 5.95. The maximum atomic E-state index is 3.57. The van der Waals surface area contributed by atoms with Crippen molar-refractivity contribution in [3.8, 4) is 0 Å². The highest BCUT2D eigenvalue weighted by Gasteiger charge is 2.28. The summed E-state index contributed by atoms with van der Waals surface area (Å²) in [6, 6.07) is 12.3. The highest BCUT2D eigenvalue weighted by Crippen LogP contribution is 2.28. The smallest absolute Gasteiger partial charge is 0.0476 e. The molecule has 0 aromatic heterocycles. The normalized spacial score (nSPS) is 21.8. The van der Waals surface area contributed by atoms with E-state index in [2.05, 4.69) is 54.4 Å². The average molecular weight is 274 g/mol. The van der Waals surface area contributed by atoms with Gasteiger partial charge in [0.15, 0.2) is 0 Å². The molecule has 2 atom stereocenters. The molecule has 0 aliphatic carbocycles. The van der Waals surface area contributed by atoms with E-state index in [1.807, 2.05) is 0 Å². The van der Waals surface area contributed by atoms with E-state index in [1.165, 1.54) is 44.2 Å². The molecule has 1 aromatic carbocycles. The molecule has 1 aliphatic heterocycles. The first-order valence-electron chi connectivity index (χ1n) is 8.38. The van der Waals surface area contributed by atoms with Crippen LogP contribution in [0.1, 0.15) is 57.6 Å². The van der Waals surface area contributed by atoms with Gasteiger partial charge in [-0.3, -0.25) is 4.90 Å². The van der Waals surface area contributed by atoms with Crippen LogP contribution in [0.25, 0.3) is 0 Å². The van der Waals surface area contributed by atoms with Crippen LogP contribution in [0.15, 0.2) is 30.3 Å². The molecular weight excluding hydrogens is 244 g/mol. The molecule has 1 fully saturated rings. The fourth-order valence-electron chi connectivity index (χ4n) is 3.39. The third kappa shape index (κ3) is 4.07. The summed E-state index contributed by atoms with van der Waals surface area (Å²) in [4.78, 5) is 2.77. The summed E-state index contributed by atoms with van der Waals surface area (Å²) in [7, 11) is 0. The molecule has 2 unspecified atom stereocenters. The molecule has 0 saturated carbocycles. The van der Waals surface area contributed by atoms with E-state index >= 15 is 0 Å². The summed E-state index contributed by atoms with van der Waals surface area (Å²) in [5.74, 6) is 0. The van der Waals surface area contributed by atoms with Gasteiger partial charge >= 0.3 is 0 Å². The van der Waals surface area contributed by atoms with Crippen LogP contribution >= 0.6 is 0 Å². The number of benzene rings is 1. The number of unbranched alkanes of at least 4 members (excludes halogenated alkanes) is 1. The summed E-state index contributed by atoms with van der Waals surface area (Å²) in [6.45, 7) is 8.04. The number of hydrogen-bond acceptors (Lipinski definition) is 2. The fraction of sp³-hybridized carbons (Fsp3) is 0.667. The largest absolute Gasteiger partial charge is 0.314 e. The van der Waals surface area contributed by atoms with Gasteiger partial charge in [0.1, 0.15) is 0 Å². The van der Waals surface area contributed by atoms with Crippen molar-refractivity contribution in [2.75, 3.05) is 19.6 Å². The first kappa shape index (κ1) is 15.5. The quantitative estimate of drug-likeness (QED) is 0.808. The molecule has 1 aliphatic rings. The SMILES string of the molecule is CCCCC(CCC)N1CCNCC1c1ccccc1. The Balaban J connectivity index is 2.11. The van der Waals surface area contributed by atoms with Crippen LogP contribution in [-0.2, 0) is 0 Å². The van der Waals surface area contributed by atoms with Gasteiger partial charge in [0, 0.05) is 31.7 Å². The average Bonchev–Trinajstić information content (AvgIpc) is 2.52. The van der Waals surface area contributed by atoms with Crippen molar-refractivity contribution < 1.29 is 0 Å². The molecule has 2 heteroatoms. The Morgan fingerprint density at radius 3 is 2.65 bits per heavy atom. The minimum absolute atomic E-state index is 0.554. The number of nitrogens with zero attached hydrogens (tertiary/aromatic N) is 1. The minimum atomic E-state index is 0.554. The molecular formula is C18H30N2. The van der Waals surface area contributed by atoms with Crippen LogP contribution in [-0.4, -0.2) is 30.6 Å². The molecule has 1 N–H and O–H groups in total. The van der Waals surface area contributed by atoms with Gasteiger partial charge in [0.05, 0.1) is 0 Å². The Bertz CT molecular complexity index is 363. The molecule has 2 rings (SSSR count). The van der Waals surface area contributed by atoms with Gasteiger partial charge in [-0.05, 0) is 18.4 Å². The molecule has 1 aromatic rings. The second kappa shape index (κ2) is 8.43. The minimum Gasteiger partial charge on any atom is -0.314 e. The van der Waals surface area contributed by atoms with E-state index < -0.39 is 0 Å². The van der Waals surface area contributed by atoms with Crippen molar-refractivity contribution in [1.82, 2.24) is 10.2 Å². The lowest BCUT2D eigenvalue weighted by Crippen LogP contribution is -2.50. The first-order chi connectivity index (χ1) is 9.86. The van der Waals surface area contributed by atoms with E-state index in [0.717, 1.165) is 19.1 Å². The van der Waals surface area contributed by atoms with Gasteiger partial charge in [-0.25, -0.2) is 0 Å². The van der Waals surface area contributed by atoms with Crippen molar-refractivity contribution in [3.05, 3.63) is 35.9 Å². The van der Waals surface area contributed by atoms with Crippen LogP contribution < -0.4 is 5.32 Å². The van der Waals surface area contributed by atoms with Gasteiger partial charge < -0.3 is 5.32 Å². The maximum Gasteiger partial charge on any atom is 0.0476 e. The van der Waals surface area contributed by atoms with Gasteiger partial charge in [-0.1, -0.05) is 63.4 Å². The van der Waals surface area contributed by atoms with Crippen molar-refractivity contribution in [3.63, 3.8) is 0 Å². The molecule has 1 saturated heterocycles. The third-order valence-electron chi connectivity index (χ3n) is 4.45. The highest BCUT2D eigenvalue weighted by atomic mass is 15.2. The maximum absolute atomic E-state index is 3.57. The first-order valence-corrected chi connectivity index (χ1v) is 8.38. The fourth-order valence-corrected chi connectivity index (χ4v) is 3.39. The molecule has 20 heavy (non-hydrogen) atoms. The Labute approximate surface area is 124 Å². The summed E-state index contributed by atoms with van der Waals surface area (Å²) in [5.41, 5.74) is 1.47. The van der Waals surface area contributed by atoms with Gasteiger partial charge in [-0.15, -0.1) is 0 Å². The van der Waals surface area contributed by atoms with Crippen LogP contribution in [0, 0.1) is 0 Å². The van der Waals surface area contributed by atoms with Crippen molar-refractivity contribution >= 4 is 0 Å². The van der Waals surface area contributed by atoms with Crippen LogP contribution in [0.4, 0.5) is 0 Å². The zero-order valence-corrected chi connectivity index (χ0v) is 13.1. The summed E-state index contributed by atoms with van der Waals surface area (Å²) in [6.07, 6.45) is 6.65. The van der Waals surface area contributed by atoms with E-state index in [1.54, 1.807) is 0 Å². The molecule has 1 heterocycles. The number of rotatable bonds is 7. The molecule has 112 valence electrons. The number of hydrogen-bond donors (Lipinski definition) is 1. The molecule has 0 bridgehead atoms. The monoisotopic (exact) mass is 274 g/mol. The van der Waals surface area contributed by atoms with Gasteiger partial charge in [-0.2, -0.15) is 0 Å². The van der Waals surface area contributed by atoms with E-state index in [4.69, 9.17) is 0 Å². The van der Waals surface area contributed by atoms with Gasteiger partial charge in [0.25, 0.3) is 0 Å². The lowest BCUT2D eigenvalue weighted by molar-refractivity contribution is 0.0924. The Morgan fingerprint density at radius 2 is 1.95 bits per heavy atom. The van der Waals surface area contributed by atoms with Crippen LogP contribution in [0.3, 0.4) is 0 Å². The van der Waals surface area contributed by atoms with Crippen LogP contribution in [0.2, 0.25) is 0 Å². The summed E-state index contributed by atoms with van der Waals surface area (Å²) in [5, 5.41) is 3.57. The lowest BCUT2D eigenvalue weighted by atomic mass is 9.96. The zero-order chi connectivity index (χ0) is 14.2. The molecule has 0 amide bonds. The van der Waals surface area contributed by atoms with Crippen molar-refractivity contribution in [1.29, 1.82) is 0 Å². The van der Waals surface area contributed by atoms with Crippen LogP contribution in [0.5, 0.6) is 0 Å². The van der Waals surface area contributed by atoms with E-state index in [0.29, 0.717) is 6.04 Å². The molecule has 0 spiro atoms. The Hall–Kier alpha value is -0.860. The topological polar surface area (TPSA) is 15.3 Å². The predicted molar refractivity (Wildman–Crippen MR) is 87.0 cm³/mol. The summed E-state index contributed by atoms with van der Waals surface area (Å²) < 4.78 is 0. The zero-order valence-electron chi connectivity index (χ0n) is 13.1. The standard InChI is InChI=1S/C18H30N2/c1-3-5-12-17(9-4-2)20-14-13-19-15-18(20)16-10-7-6-8-11-16/h6-8,10-11,17-19H,3-5,9,12-15H2,1-2H3. The Morgan fingerprint density at radius 1 is 1.15 bits per heavy atom. The highest BCUT2D eigenvalue weighted by molar-refractivity contribution is 5.20. The third-order valence-corrected chi connectivity index (χ3v) is 4.45. The molecule has 2 nitrogen and oxygen atoms in total. The predicted octanol–water partition coefficient (Wildman–Crippen LogP) is 3.99. The second-order valence-electron chi connectivity index (χ2n) is 5.95. The van der Waals surface area contributed by atoms with Crippen molar-refractivity contribution in [2.45, 2.75) is 58.0 Å².